The molecule has 9 heteroatoms. The smallest absolute Gasteiger partial charge is 0.273 e. The number of carbonyl (C=O) groups excluding carboxylic acids is 1. The van der Waals surface area contributed by atoms with Crippen molar-refractivity contribution in [2.75, 3.05) is 7.05 Å². The Morgan fingerprint density at radius 1 is 1.21 bits per heavy atom. The summed E-state index contributed by atoms with van der Waals surface area (Å²) in [6.45, 7) is 2.34. The van der Waals surface area contributed by atoms with E-state index in [-0.39, 0.29) is 11.5 Å². The van der Waals surface area contributed by atoms with Crippen LogP contribution in [0.2, 0.25) is 0 Å². The second-order valence-electron chi connectivity index (χ2n) is 8.47. The summed E-state index contributed by atoms with van der Waals surface area (Å²) in [4.78, 5) is 19.8. The molecule has 1 amide bonds. The highest BCUT2D eigenvalue weighted by molar-refractivity contribution is 7.10. The van der Waals surface area contributed by atoms with Crippen LogP contribution < -0.4 is 5.73 Å². The van der Waals surface area contributed by atoms with Crippen molar-refractivity contribution >= 4 is 23.2 Å². The van der Waals surface area contributed by atoms with Crippen molar-refractivity contribution in [2.24, 2.45) is 10.7 Å². The van der Waals surface area contributed by atoms with Crippen LogP contribution in [0, 0.1) is 17.1 Å². The number of rotatable bonds is 4. The van der Waals surface area contributed by atoms with Crippen molar-refractivity contribution in [1.29, 1.82) is 5.26 Å². The van der Waals surface area contributed by atoms with Gasteiger partial charge in [-0.1, -0.05) is 18.2 Å². The van der Waals surface area contributed by atoms with Crippen molar-refractivity contribution < 1.29 is 18.0 Å². The summed E-state index contributed by atoms with van der Waals surface area (Å²) in [5, 5.41) is 11.1. The molecule has 0 bridgehead atoms. The Balaban J connectivity index is 1.84. The van der Waals surface area contributed by atoms with E-state index in [1.807, 2.05) is 17.5 Å². The van der Waals surface area contributed by atoms with Crippen LogP contribution in [0.1, 0.15) is 41.3 Å². The highest BCUT2D eigenvalue weighted by Gasteiger charge is 2.48. The lowest BCUT2D eigenvalue weighted by atomic mass is 9.77. The molecular formula is C25H21F3N4OS. The Labute approximate surface area is 199 Å². The van der Waals surface area contributed by atoms with E-state index in [1.54, 1.807) is 25.1 Å². The summed E-state index contributed by atoms with van der Waals surface area (Å²) >= 11 is 1.35. The van der Waals surface area contributed by atoms with E-state index in [4.69, 9.17) is 5.73 Å². The van der Waals surface area contributed by atoms with Gasteiger partial charge in [-0.05, 0) is 59.3 Å². The molecule has 2 N–H and O–H groups in total. The molecule has 1 aliphatic heterocycles. The van der Waals surface area contributed by atoms with Crippen molar-refractivity contribution in [3.8, 4) is 17.2 Å². The van der Waals surface area contributed by atoms with Gasteiger partial charge in [0.25, 0.3) is 5.92 Å². The molecular weight excluding hydrogens is 461 g/mol. The van der Waals surface area contributed by atoms with Crippen LogP contribution in [-0.4, -0.2) is 23.8 Å². The minimum Gasteiger partial charge on any atom is -0.369 e. The molecule has 2 aromatic carbocycles. The average molecular weight is 483 g/mol. The molecule has 1 aromatic heterocycles. The molecule has 0 radical (unpaired) electrons. The molecule has 0 fully saturated rings. The van der Waals surface area contributed by atoms with Gasteiger partial charge in [-0.2, -0.15) is 5.26 Å². The number of likely N-dealkylation sites (N-methyl/N-ethyl adjacent to an activating group) is 1. The fourth-order valence-corrected chi connectivity index (χ4v) is 5.23. The van der Waals surface area contributed by atoms with E-state index in [0.717, 1.165) is 23.3 Å². The zero-order valence-corrected chi connectivity index (χ0v) is 19.5. The molecule has 0 unspecified atom stereocenters. The first-order valence-electron chi connectivity index (χ1n) is 10.4. The highest BCUT2D eigenvalue weighted by atomic mass is 32.1. The molecule has 4 rings (SSSR count). The zero-order chi connectivity index (χ0) is 24.8. The molecule has 0 aliphatic carbocycles. The lowest BCUT2D eigenvalue weighted by Crippen LogP contribution is -2.52. The number of alkyl halides is 2. The molecule has 3 aromatic rings. The number of benzene rings is 2. The summed E-state index contributed by atoms with van der Waals surface area (Å²) in [5.41, 5.74) is 6.47. The summed E-state index contributed by atoms with van der Waals surface area (Å²) in [5.74, 6) is -5.86. The van der Waals surface area contributed by atoms with Crippen LogP contribution in [0.3, 0.4) is 0 Å². The molecule has 0 spiro atoms. The van der Waals surface area contributed by atoms with Crippen LogP contribution in [-0.2, 0) is 16.3 Å². The average Bonchev–Trinajstić information content (AvgIpc) is 3.28. The van der Waals surface area contributed by atoms with Crippen molar-refractivity contribution in [3.63, 3.8) is 0 Å². The van der Waals surface area contributed by atoms with Gasteiger partial charge in [-0.3, -0.25) is 9.69 Å². The summed E-state index contributed by atoms with van der Waals surface area (Å²) < 4.78 is 42.1. The highest BCUT2D eigenvalue weighted by Crippen LogP contribution is 2.47. The van der Waals surface area contributed by atoms with Gasteiger partial charge >= 0.3 is 0 Å². The number of nitrogens with zero attached hydrogens (tertiary/aromatic N) is 3. The lowest BCUT2D eigenvalue weighted by molar-refractivity contribution is -0.130. The van der Waals surface area contributed by atoms with Gasteiger partial charge in [0, 0.05) is 18.8 Å². The fourth-order valence-electron chi connectivity index (χ4n) is 4.18. The van der Waals surface area contributed by atoms with E-state index in [0.29, 0.717) is 17.4 Å². The Hall–Kier alpha value is -3.64. The Kier molecular flexibility index (Phi) is 5.74. The third kappa shape index (κ3) is 3.94. The lowest BCUT2D eigenvalue weighted by Gasteiger charge is -2.40. The molecule has 1 aliphatic rings. The number of nitrogens with two attached hydrogens (primary N) is 1. The number of hydrogen-bond acceptors (Lipinski definition) is 5. The van der Waals surface area contributed by atoms with E-state index in [9.17, 15) is 23.2 Å². The van der Waals surface area contributed by atoms with Crippen LogP contribution in [0.5, 0.6) is 0 Å². The van der Waals surface area contributed by atoms with Crippen molar-refractivity contribution in [1.82, 2.24) is 4.90 Å². The quantitative estimate of drug-likeness (QED) is 0.546. The van der Waals surface area contributed by atoms with Crippen molar-refractivity contribution in [3.05, 3.63) is 81.3 Å². The maximum atomic E-state index is 14.7. The Bertz CT molecular complexity index is 1350. The van der Waals surface area contributed by atoms with Gasteiger partial charge < -0.3 is 5.73 Å². The maximum Gasteiger partial charge on any atom is 0.273 e. The van der Waals surface area contributed by atoms with Gasteiger partial charge in [0.15, 0.2) is 5.96 Å². The molecule has 34 heavy (non-hydrogen) atoms. The monoisotopic (exact) mass is 482 g/mol. The SMILES string of the molecule is CN1C(=O)[C@H](c2ccc(C(C)(F)F)c(F)c2)[C@@](C)(c2cc(-c3cccc(C#N)c3)cs2)N=C1N. The molecule has 0 saturated heterocycles. The Morgan fingerprint density at radius 2 is 1.94 bits per heavy atom. The normalized spacial score (nSPS) is 20.7. The number of aliphatic imine (C=N–C) groups is 1. The second-order valence-corrected chi connectivity index (χ2v) is 9.38. The number of halogens is 3. The number of hydrogen-bond donors (Lipinski definition) is 1. The fraction of sp³-hybridized carbons (Fsp3) is 0.240. The van der Waals surface area contributed by atoms with E-state index in [2.05, 4.69) is 11.1 Å². The minimum absolute atomic E-state index is 0.00219. The maximum absolute atomic E-state index is 14.7. The topological polar surface area (TPSA) is 82.5 Å². The predicted molar refractivity (Wildman–Crippen MR) is 125 cm³/mol. The largest absolute Gasteiger partial charge is 0.369 e. The van der Waals surface area contributed by atoms with Crippen LogP contribution in [0.15, 0.2) is 58.9 Å². The Morgan fingerprint density at radius 3 is 2.59 bits per heavy atom. The predicted octanol–water partition coefficient (Wildman–Crippen LogP) is 5.32. The molecule has 174 valence electrons. The first kappa shape index (κ1) is 23.5. The number of amides is 1. The number of nitriles is 1. The second kappa shape index (κ2) is 8.29. The van der Waals surface area contributed by atoms with Gasteiger partial charge in [-0.25, -0.2) is 18.2 Å². The van der Waals surface area contributed by atoms with Gasteiger partial charge in [0.1, 0.15) is 11.4 Å². The van der Waals surface area contributed by atoms with Gasteiger partial charge in [-0.15, -0.1) is 11.3 Å². The summed E-state index contributed by atoms with van der Waals surface area (Å²) in [6, 6.07) is 14.4. The third-order valence-corrected chi connectivity index (χ3v) is 7.21. The van der Waals surface area contributed by atoms with Crippen molar-refractivity contribution in [2.45, 2.75) is 31.2 Å². The molecule has 2 atom stereocenters. The molecule has 0 saturated carbocycles. The van der Waals surface area contributed by atoms with Crippen LogP contribution in [0.4, 0.5) is 13.2 Å². The molecule has 5 nitrogen and oxygen atoms in total. The summed E-state index contributed by atoms with van der Waals surface area (Å²) in [6.07, 6.45) is 0. The van der Waals surface area contributed by atoms with E-state index >= 15 is 0 Å². The van der Waals surface area contributed by atoms with Gasteiger partial charge in [0.05, 0.1) is 23.1 Å². The zero-order valence-electron chi connectivity index (χ0n) is 18.6. The number of carbonyl (C=O) groups is 1. The van der Waals surface area contributed by atoms with Crippen LogP contribution >= 0.6 is 11.3 Å². The first-order chi connectivity index (χ1) is 16.0. The number of thiophene rings is 1. The van der Waals surface area contributed by atoms with Crippen LogP contribution in [0.25, 0.3) is 11.1 Å². The third-order valence-electron chi connectivity index (χ3n) is 6.05. The molecule has 2 heterocycles. The first-order valence-corrected chi connectivity index (χ1v) is 11.2. The number of guanidine groups is 1. The van der Waals surface area contributed by atoms with Gasteiger partial charge in [0.2, 0.25) is 5.91 Å². The minimum atomic E-state index is -3.36. The summed E-state index contributed by atoms with van der Waals surface area (Å²) in [7, 11) is 1.46. The van der Waals surface area contributed by atoms with E-state index in [1.165, 1.54) is 29.4 Å². The standard InChI is InChI=1S/C25H21F3N4OS/c1-24(20-11-17(13-34-20)15-6-4-5-14(9-15)12-29)21(22(33)32(3)23(30)31-24)16-7-8-18(19(26)10-16)25(2,27)28/h4-11,13,21H,1-3H3,(H2,30,31)/t21-,24+/m0/s1. The van der Waals surface area contributed by atoms with E-state index < -0.39 is 34.7 Å².